The van der Waals surface area contributed by atoms with Crippen molar-refractivity contribution in [1.82, 2.24) is 9.80 Å². The first-order valence-electron chi connectivity index (χ1n) is 6.85. The van der Waals surface area contributed by atoms with Crippen LogP contribution in [0.15, 0.2) is 24.3 Å². The van der Waals surface area contributed by atoms with Crippen LogP contribution in [0.4, 0.5) is 0 Å². The fraction of sp³-hybridized carbons (Fsp3) is 0.533. The molecule has 0 bridgehead atoms. The maximum absolute atomic E-state index is 12.4. The number of aliphatic hydroxyl groups is 1. The monoisotopic (exact) mass is 278 g/mol. The molecule has 1 aliphatic rings. The number of nitrogens with zero attached hydrogens (tertiary/aromatic N) is 2. The van der Waals surface area contributed by atoms with Gasteiger partial charge in [0.1, 0.15) is 5.75 Å². The van der Waals surface area contributed by atoms with Crippen LogP contribution in [0.2, 0.25) is 0 Å². The largest absolute Gasteiger partial charge is 0.507 e. The van der Waals surface area contributed by atoms with E-state index in [0.29, 0.717) is 18.7 Å². The van der Waals surface area contributed by atoms with E-state index in [2.05, 4.69) is 4.90 Å². The van der Waals surface area contributed by atoms with Gasteiger partial charge in [0, 0.05) is 32.2 Å². The molecule has 2 N–H and O–H groups in total. The van der Waals surface area contributed by atoms with Crippen molar-refractivity contribution in [1.29, 1.82) is 0 Å². The highest BCUT2D eigenvalue weighted by molar-refractivity contribution is 5.97. The number of aliphatic hydroxyl groups excluding tert-OH is 1. The van der Waals surface area contributed by atoms with E-state index in [9.17, 15) is 15.0 Å². The van der Waals surface area contributed by atoms with Gasteiger partial charge in [-0.15, -0.1) is 0 Å². The lowest BCUT2D eigenvalue weighted by molar-refractivity contribution is 0.0776. The Hall–Kier alpha value is -1.59. The van der Waals surface area contributed by atoms with Gasteiger partial charge in [-0.1, -0.05) is 12.1 Å². The molecule has 0 unspecified atom stereocenters. The fourth-order valence-electron chi connectivity index (χ4n) is 2.81. The van der Waals surface area contributed by atoms with Crippen molar-refractivity contribution in [3.63, 3.8) is 0 Å². The number of rotatable bonds is 4. The third kappa shape index (κ3) is 3.11. The van der Waals surface area contributed by atoms with Crippen LogP contribution in [0.3, 0.4) is 0 Å². The van der Waals surface area contributed by atoms with Crippen LogP contribution in [0.25, 0.3) is 0 Å². The molecule has 0 aliphatic carbocycles. The molecule has 5 nitrogen and oxygen atoms in total. The minimum absolute atomic E-state index is 0.00843. The number of aromatic hydroxyl groups is 1. The predicted molar refractivity (Wildman–Crippen MR) is 76.6 cm³/mol. The topological polar surface area (TPSA) is 64.0 Å². The summed E-state index contributed by atoms with van der Waals surface area (Å²) in [6, 6.07) is 6.58. The van der Waals surface area contributed by atoms with Crippen molar-refractivity contribution in [3.05, 3.63) is 29.8 Å². The van der Waals surface area contributed by atoms with Crippen molar-refractivity contribution in [3.8, 4) is 5.75 Å². The van der Waals surface area contributed by atoms with Gasteiger partial charge in [0.05, 0.1) is 5.56 Å². The first-order chi connectivity index (χ1) is 9.52. The highest BCUT2D eigenvalue weighted by Crippen LogP contribution is 2.27. The van der Waals surface area contributed by atoms with E-state index in [1.807, 2.05) is 14.1 Å². The fourth-order valence-corrected chi connectivity index (χ4v) is 2.81. The van der Waals surface area contributed by atoms with Gasteiger partial charge in [0.25, 0.3) is 5.91 Å². The van der Waals surface area contributed by atoms with E-state index in [1.165, 1.54) is 6.07 Å². The van der Waals surface area contributed by atoms with Crippen molar-refractivity contribution in [2.45, 2.75) is 0 Å². The second kappa shape index (κ2) is 6.24. The third-order valence-electron chi connectivity index (χ3n) is 3.83. The van der Waals surface area contributed by atoms with Crippen LogP contribution in [-0.2, 0) is 0 Å². The summed E-state index contributed by atoms with van der Waals surface area (Å²) in [7, 11) is 3.98. The smallest absolute Gasteiger partial charge is 0.257 e. The van der Waals surface area contributed by atoms with Gasteiger partial charge < -0.3 is 20.0 Å². The van der Waals surface area contributed by atoms with Crippen LogP contribution in [0.5, 0.6) is 5.75 Å². The van der Waals surface area contributed by atoms with E-state index in [-0.39, 0.29) is 30.1 Å². The molecule has 1 aromatic rings. The summed E-state index contributed by atoms with van der Waals surface area (Å²) in [5, 5.41) is 19.2. The van der Waals surface area contributed by atoms with Crippen LogP contribution in [-0.4, -0.2) is 66.3 Å². The Morgan fingerprint density at radius 1 is 1.30 bits per heavy atom. The molecule has 2 atom stereocenters. The molecular formula is C15H22N2O3. The molecule has 0 radical (unpaired) electrons. The summed E-state index contributed by atoms with van der Waals surface area (Å²) in [5.41, 5.74) is 0.328. The van der Waals surface area contributed by atoms with E-state index in [0.717, 1.165) is 6.54 Å². The summed E-state index contributed by atoms with van der Waals surface area (Å²) >= 11 is 0. The SMILES string of the molecule is CN(C)C[C@@H]1CN(C(=O)c2ccccc2O)C[C@@H]1CO. The molecular weight excluding hydrogens is 256 g/mol. The number of amides is 1. The minimum atomic E-state index is -0.164. The molecule has 1 aliphatic heterocycles. The number of benzene rings is 1. The zero-order valence-corrected chi connectivity index (χ0v) is 12.0. The highest BCUT2D eigenvalue weighted by Gasteiger charge is 2.35. The Morgan fingerprint density at radius 3 is 2.55 bits per heavy atom. The number of para-hydroxylation sites is 1. The summed E-state index contributed by atoms with van der Waals surface area (Å²) in [6.07, 6.45) is 0. The molecule has 0 aromatic heterocycles. The predicted octanol–water partition coefficient (Wildman–Crippen LogP) is 0.634. The van der Waals surface area contributed by atoms with Gasteiger partial charge in [-0.05, 0) is 32.1 Å². The van der Waals surface area contributed by atoms with Gasteiger partial charge in [-0.3, -0.25) is 4.79 Å². The summed E-state index contributed by atoms with van der Waals surface area (Å²) in [6.45, 7) is 2.09. The second-order valence-corrected chi connectivity index (χ2v) is 5.69. The Balaban J connectivity index is 2.11. The molecule has 1 aromatic carbocycles. The maximum atomic E-state index is 12.4. The Labute approximate surface area is 119 Å². The van der Waals surface area contributed by atoms with Gasteiger partial charge in [-0.25, -0.2) is 0 Å². The molecule has 1 amide bonds. The van der Waals surface area contributed by atoms with Crippen LogP contribution < -0.4 is 0 Å². The molecule has 1 heterocycles. The van der Waals surface area contributed by atoms with Crippen molar-refractivity contribution in [2.75, 3.05) is 40.3 Å². The standard InChI is InChI=1S/C15H22N2O3/c1-16(2)7-11-8-17(9-12(11)10-18)15(20)13-5-3-4-6-14(13)19/h3-6,11-12,18-19H,7-10H2,1-2H3/t11-,12-/m1/s1. The lowest BCUT2D eigenvalue weighted by Crippen LogP contribution is -2.30. The summed E-state index contributed by atoms with van der Waals surface area (Å²) in [5.74, 6) is 0.217. The van der Waals surface area contributed by atoms with Crippen LogP contribution >= 0.6 is 0 Å². The maximum Gasteiger partial charge on any atom is 0.257 e. The number of hydrogen-bond acceptors (Lipinski definition) is 4. The van der Waals surface area contributed by atoms with Crippen LogP contribution in [0, 0.1) is 11.8 Å². The van der Waals surface area contributed by atoms with Gasteiger partial charge >= 0.3 is 0 Å². The Kier molecular flexibility index (Phi) is 4.62. The number of hydrogen-bond donors (Lipinski definition) is 2. The zero-order valence-electron chi connectivity index (χ0n) is 12.0. The Morgan fingerprint density at radius 2 is 1.95 bits per heavy atom. The number of phenols is 1. The lowest BCUT2D eigenvalue weighted by Gasteiger charge is -2.20. The van der Waals surface area contributed by atoms with E-state index < -0.39 is 0 Å². The van der Waals surface area contributed by atoms with Crippen LogP contribution in [0.1, 0.15) is 10.4 Å². The number of carbonyl (C=O) groups excluding carboxylic acids is 1. The van der Waals surface area contributed by atoms with Gasteiger partial charge in [0.15, 0.2) is 0 Å². The molecule has 5 heteroatoms. The average Bonchev–Trinajstić information content (AvgIpc) is 2.80. The molecule has 110 valence electrons. The second-order valence-electron chi connectivity index (χ2n) is 5.69. The zero-order chi connectivity index (χ0) is 14.7. The summed E-state index contributed by atoms with van der Waals surface area (Å²) < 4.78 is 0. The molecule has 20 heavy (non-hydrogen) atoms. The van der Waals surface area contributed by atoms with Crippen molar-refractivity contribution in [2.24, 2.45) is 11.8 Å². The minimum Gasteiger partial charge on any atom is -0.507 e. The molecule has 0 spiro atoms. The average molecular weight is 278 g/mol. The molecule has 0 saturated carbocycles. The van der Waals surface area contributed by atoms with E-state index in [1.54, 1.807) is 23.1 Å². The third-order valence-corrected chi connectivity index (χ3v) is 3.83. The normalized spacial score (nSPS) is 22.5. The van der Waals surface area contributed by atoms with E-state index >= 15 is 0 Å². The van der Waals surface area contributed by atoms with Crippen molar-refractivity contribution >= 4 is 5.91 Å². The first kappa shape index (κ1) is 14.8. The van der Waals surface area contributed by atoms with Crippen molar-refractivity contribution < 1.29 is 15.0 Å². The van der Waals surface area contributed by atoms with Gasteiger partial charge in [0.2, 0.25) is 0 Å². The number of carbonyl (C=O) groups is 1. The molecule has 1 fully saturated rings. The Bertz CT molecular complexity index is 476. The quantitative estimate of drug-likeness (QED) is 0.848. The first-order valence-corrected chi connectivity index (χ1v) is 6.85. The molecule has 1 saturated heterocycles. The van der Waals surface area contributed by atoms with Gasteiger partial charge in [-0.2, -0.15) is 0 Å². The highest BCUT2D eigenvalue weighted by atomic mass is 16.3. The number of phenolic OH excluding ortho intramolecular Hbond substituents is 1. The lowest BCUT2D eigenvalue weighted by atomic mass is 9.97. The molecule has 2 rings (SSSR count). The summed E-state index contributed by atoms with van der Waals surface area (Å²) in [4.78, 5) is 16.2. The number of likely N-dealkylation sites (tertiary alicyclic amines) is 1. The van der Waals surface area contributed by atoms with E-state index in [4.69, 9.17) is 0 Å².